The molecule has 2 atom stereocenters. The van der Waals surface area contributed by atoms with Crippen LogP contribution in [0.5, 0.6) is 0 Å². The van der Waals surface area contributed by atoms with E-state index >= 15 is 0 Å². The van der Waals surface area contributed by atoms with E-state index in [-0.39, 0.29) is 11.9 Å². The number of nitrogens with zero attached hydrogens (tertiary/aromatic N) is 1. The molecule has 1 amide bonds. The van der Waals surface area contributed by atoms with Gasteiger partial charge in [0.25, 0.3) is 0 Å². The molecule has 1 fully saturated rings. The molecule has 2 N–H and O–H groups in total. The van der Waals surface area contributed by atoms with Crippen molar-refractivity contribution in [1.82, 2.24) is 15.6 Å². The van der Waals surface area contributed by atoms with Crippen molar-refractivity contribution in [2.45, 2.75) is 38.3 Å². The van der Waals surface area contributed by atoms with Crippen molar-refractivity contribution in [3.8, 4) is 0 Å². The lowest BCUT2D eigenvalue weighted by Gasteiger charge is -2.14. The van der Waals surface area contributed by atoms with Crippen molar-refractivity contribution in [2.75, 3.05) is 6.54 Å². The van der Waals surface area contributed by atoms with Crippen LogP contribution in [-0.2, 0) is 4.79 Å². The summed E-state index contributed by atoms with van der Waals surface area (Å²) in [6.45, 7) is 3.01. The number of nitrogens with one attached hydrogen (secondary N) is 2. The molecule has 4 nitrogen and oxygen atoms in total. The van der Waals surface area contributed by atoms with Crippen LogP contribution in [0.3, 0.4) is 0 Å². The number of aromatic nitrogens is 1. The molecule has 0 bridgehead atoms. The van der Waals surface area contributed by atoms with Gasteiger partial charge >= 0.3 is 0 Å². The summed E-state index contributed by atoms with van der Waals surface area (Å²) in [6.07, 6.45) is 4.63. The molecule has 0 aromatic carbocycles. The second kappa shape index (κ2) is 5.41. The Morgan fingerprint density at radius 2 is 2.69 bits per heavy atom. The van der Waals surface area contributed by atoms with E-state index in [1.807, 2.05) is 12.3 Å². The highest BCUT2D eigenvalue weighted by Gasteiger charge is 2.19. The molecule has 1 aliphatic rings. The summed E-state index contributed by atoms with van der Waals surface area (Å²) in [5, 5.41) is 9.19. The summed E-state index contributed by atoms with van der Waals surface area (Å²) < 4.78 is 0. The molecule has 0 radical (unpaired) electrons. The molecule has 1 aromatic heterocycles. The second-order valence-corrected chi connectivity index (χ2v) is 5.08. The maximum Gasteiger partial charge on any atom is 0.222 e. The smallest absolute Gasteiger partial charge is 0.222 e. The zero-order chi connectivity index (χ0) is 11.4. The molecule has 88 valence electrons. The van der Waals surface area contributed by atoms with E-state index in [0.29, 0.717) is 12.5 Å². The van der Waals surface area contributed by atoms with Crippen LogP contribution < -0.4 is 10.6 Å². The molecule has 1 saturated heterocycles. The Hall–Kier alpha value is -0.940. The first kappa shape index (κ1) is 11.5. The summed E-state index contributed by atoms with van der Waals surface area (Å²) in [5.41, 5.74) is 0. The Morgan fingerprint density at radius 3 is 3.31 bits per heavy atom. The van der Waals surface area contributed by atoms with Gasteiger partial charge in [0.1, 0.15) is 5.01 Å². The number of carbonyl (C=O) groups is 1. The Balaban J connectivity index is 1.78. The number of hydrogen-bond acceptors (Lipinski definition) is 4. The lowest BCUT2D eigenvalue weighted by molar-refractivity contribution is -0.122. The summed E-state index contributed by atoms with van der Waals surface area (Å²) >= 11 is 1.57. The van der Waals surface area contributed by atoms with Gasteiger partial charge in [0.2, 0.25) is 5.91 Å². The van der Waals surface area contributed by atoms with Gasteiger partial charge in [-0.25, -0.2) is 4.98 Å². The minimum Gasteiger partial charge on any atom is -0.347 e. The van der Waals surface area contributed by atoms with Gasteiger partial charge in [0.05, 0.1) is 6.04 Å². The summed E-state index contributed by atoms with van der Waals surface area (Å²) in [5.74, 6) is 0.113. The molecule has 16 heavy (non-hydrogen) atoms. The summed E-state index contributed by atoms with van der Waals surface area (Å²) in [7, 11) is 0. The van der Waals surface area contributed by atoms with Crippen LogP contribution in [0.1, 0.15) is 37.2 Å². The predicted octanol–water partition coefficient (Wildman–Crippen LogP) is 1.46. The third-order valence-electron chi connectivity index (χ3n) is 2.79. The molecule has 1 aromatic rings. The lowest BCUT2D eigenvalue weighted by Crippen LogP contribution is -2.33. The number of rotatable bonds is 4. The molecule has 0 aliphatic carbocycles. The first-order chi connectivity index (χ1) is 7.75. The highest BCUT2D eigenvalue weighted by Crippen LogP contribution is 2.15. The van der Waals surface area contributed by atoms with Gasteiger partial charge in [0.15, 0.2) is 0 Å². The standard InChI is InChI=1S/C11H17N3OS/c1-8(11-13-5-6-16-11)14-10(15)7-9-3-2-4-12-9/h5-6,8-9,12H,2-4,7H2,1H3,(H,14,15). The maximum atomic E-state index is 11.7. The van der Waals surface area contributed by atoms with E-state index in [1.165, 1.54) is 6.42 Å². The third kappa shape index (κ3) is 3.02. The topological polar surface area (TPSA) is 54.0 Å². The molecule has 2 heterocycles. The zero-order valence-corrected chi connectivity index (χ0v) is 10.2. The quantitative estimate of drug-likeness (QED) is 0.836. The molecule has 2 rings (SSSR count). The van der Waals surface area contributed by atoms with Crippen molar-refractivity contribution in [3.63, 3.8) is 0 Å². The van der Waals surface area contributed by atoms with Crippen LogP contribution in [0.25, 0.3) is 0 Å². The van der Waals surface area contributed by atoms with Crippen molar-refractivity contribution < 1.29 is 4.79 Å². The van der Waals surface area contributed by atoms with Crippen LogP contribution >= 0.6 is 11.3 Å². The molecule has 1 aliphatic heterocycles. The van der Waals surface area contributed by atoms with E-state index < -0.39 is 0 Å². The van der Waals surface area contributed by atoms with Gasteiger partial charge in [-0.3, -0.25) is 4.79 Å². The van der Waals surface area contributed by atoms with Crippen molar-refractivity contribution in [2.24, 2.45) is 0 Å². The van der Waals surface area contributed by atoms with E-state index in [0.717, 1.165) is 18.0 Å². The van der Waals surface area contributed by atoms with E-state index in [4.69, 9.17) is 0 Å². The average molecular weight is 239 g/mol. The van der Waals surface area contributed by atoms with Crippen LogP contribution in [0.4, 0.5) is 0 Å². The van der Waals surface area contributed by atoms with Gasteiger partial charge in [0, 0.05) is 24.0 Å². The van der Waals surface area contributed by atoms with Crippen molar-refractivity contribution in [1.29, 1.82) is 0 Å². The number of carbonyl (C=O) groups excluding carboxylic acids is 1. The summed E-state index contributed by atoms with van der Waals surface area (Å²) in [4.78, 5) is 15.9. The highest BCUT2D eigenvalue weighted by atomic mass is 32.1. The molecule has 0 saturated carbocycles. The van der Waals surface area contributed by atoms with Gasteiger partial charge in [-0.05, 0) is 26.3 Å². The first-order valence-corrected chi connectivity index (χ1v) is 6.56. The Kier molecular flexibility index (Phi) is 3.90. The minimum absolute atomic E-state index is 0.0221. The molecular weight excluding hydrogens is 222 g/mol. The van der Waals surface area contributed by atoms with Crippen LogP contribution in [0.2, 0.25) is 0 Å². The Morgan fingerprint density at radius 1 is 1.81 bits per heavy atom. The third-order valence-corrected chi connectivity index (χ3v) is 3.75. The highest BCUT2D eigenvalue weighted by molar-refractivity contribution is 7.09. The van der Waals surface area contributed by atoms with Gasteiger partial charge in [-0.1, -0.05) is 0 Å². The average Bonchev–Trinajstić information content (AvgIpc) is 2.88. The van der Waals surface area contributed by atoms with E-state index in [1.54, 1.807) is 17.5 Å². The monoisotopic (exact) mass is 239 g/mol. The van der Waals surface area contributed by atoms with E-state index in [2.05, 4.69) is 15.6 Å². The molecule has 2 unspecified atom stereocenters. The SMILES string of the molecule is CC(NC(=O)CC1CCCN1)c1nccs1. The van der Waals surface area contributed by atoms with Crippen LogP contribution in [0, 0.1) is 0 Å². The van der Waals surface area contributed by atoms with Gasteiger partial charge in [-0.2, -0.15) is 0 Å². The molecular formula is C11H17N3OS. The van der Waals surface area contributed by atoms with Crippen molar-refractivity contribution in [3.05, 3.63) is 16.6 Å². The Labute approximate surface area is 99.5 Å². The zero-order valence-electron chi connectivity index (χ0n) is 9.40. The van der Waals surface area contributed by atoms with Crippen molar-refractivity contribution >= 4 is 17.2 Å². The first-order valence-electron chi connectivity index (χ1n) is 5.68. The molecule has 0 spiro atoms. The number of hydrogen-bond donors (Lipinski definition) is 2. The van der Waals surface area contributed by atoms with Gasteiger partial charge < -0.3 is 10.6 Å². The Bertz CT molecular complexity index is 333. The summed E-state index contributed by atoms with van der Waals surface area (Å²) in [6, 6.07) is 0.386. The largest absolute Gasteiger partial charge is 0.347 e. The predicted molar refractivity (Wildman–Crippen MR) is 64.3 cm³/mol. The second-order valence-electron chi connectivity index (χ2n) is 4.16. The van der Waals surface area contributed by atoms with E-state index in [9.17, 15) is 4.79 Å². The fourth-order valence-corrected chi connectivity index (χ4v) is 2.61. The normalized spacial score (nSPS) is 21.9. The fraction of sp³-hybridized carbons (Fsp3) is 0.636. The molecule has 5 heteroatoms. The maximum absolute atomic E-state index is 11.7. The lowest BCUT2D eigenvalue weighted by atomic mass is 10.1. The van der Waals surface area contributed by atoms with Gasteiger partial charge in [-0.15, -0.1) is 11.3 Å². The van der Waals surface area contributed by atoms with Crippen LogP contribution in [-0.4, -0.2) is 23.5 Å². The number of amides is 1. The fourth-order valence-electron chi connectivity index (χ4n) is 1.97. The van der Waals surface area contributed by atoms with Crippen LogP contribution in [0.15, 0.2) is 11.6 Å². The minimum atomic E-state index is 0.0221. The number of thiazole rings is 1.